The van der Waals surface area contributed by atoms with Crippen LogP contribution in [0.3, 0.4) is 0 Å². The molecule has 0 bridgehead atoms. The van der Waals surface area contributed by atoms with Crippen LogP contribution in [0.4, 0.5) is 13.2 Å². The molecule has 2 aromatic carbocycles. The molecule has 27 heavy (non-hydrogen) atoms. The second-order valence-corrected chi connectivity index (χ2v) is 6.87. The molecule has 0 unspecified atom stereocenters. The van der Waals surface area contributed by atoms with E-state index in [1.54, 1.807) is 12.1 Å². The van der Waals surface area contributed by atoms with Gasteiger partial charge in [-0.15, -0.1) is 0 Å². The number of hydrogen-bond acceptors (Lipinski definition) is 2. The Morgan fingerprint density at radius 2 is 1.81 bits per heavy atom. The van der Waals surface area contributed by atoms with Gasteiger partial charge in [-0.05, 0) is 60.2 Å². The van der Waals surface area contributed by atoms with Gasteiger partial charge in [-0.3, -0.25) is 4.79 Å². The highest BCUT2D eigenvalue weighted by molar-refractivity contribution is 5.92. The molecule has 1 heterocycles. The predicted molar refractivity (Wildman–Crippen MR) is 96.6 cm³/mol. The molecule has 0 atom stereocenters. The zero-order valence-corrected chi connectivity index (χ0v) is 14.4. The van der Waals surface area contributed by atoms with E-state index in [1.165, 1.54) is 18.2 Å². The highest BCUT2D eigenvalue weighted by Crippen LogP contribution is 2.45. The van der Waals surface area contributed by atoms with Crippen molar-refractivity contribution in [1.29, 1.82) is 0 Å². The molecule has 1 amide bonds. The summed E-state index contributed by atoms with van der Waals surface area (Å²) in [5.41, 5.74) is 7.66. The Balaban J connectivity index is 1.77. The Kier molecular flexibility index (Phi) is 4.39. The van der Waals surface area contributed by atoms with Crippen molar-refractivity contribution in [3.63, 3.8) is 0 Å². The van der Waals surface area contributed by atoms with Crippen molar-refractivity contribution in [2.75, 3.05) is 6.54 Å². The molecular weight excluding hydrogens is 355 g/mol. The predicted octanol–water partition coefficient (Wildman–Crippen LogP) is 3.57. The van der Waals surface area contributed by atoms with Crippen LogP contribution in [0.2, 0.25) is 0 Å². The topological polar surface area (TPSA) is 70.9 Å². The van der Waals surface area contributed by atoms with Gasteiger partial charge in [-0.25, -0.2) is 13.2 Å². The molecule has 3 aromatic rings. The Bertz CT molecular complexity index is 1010. The first-order valence-electron chi connectivity index (χ1n) is 8.72. The summed E-state index contributed by atoms with van der Waals surface area (Å²) in [4.78, 5) is 14.5. The van der Waals surface area contributed by atoms with E-state index in [4.69, 9.17) is 5.73 Å². The van der Waals surface area contributed by atoms with Gasteiger partial charge in [0.2, 0.25) is 5.91 Å². The lowest BCUT2D eigenvalue weighted by molar-refractivity contribution is -0.121. The normalized spacial score (nSPS) is 19.1. The van der Waals surface area contributed by atoms with E-state index in [1.807, 2.05) is 0 Å². The van der Waals surface area contributed by atoms with E-state index >= 15 is 0 Å². The minimum absolute atomic E-state index is 0.0167. The average Bonchev–Trinajstić information content (AvgIpc) is 2.97. The van der Waals surface area contributed by atoms with E-state index in [2.05, 4.69) is 10.3 Å². The Hall–Kier alpha value is -2.80. The number of halogens is 3. The number of H-pyrrole nitrogens is 1. The molecule has 0 spiro atoms. The van der Waals surface area contributed by atoms with Gasteiger partial charge in [-0.2, -0.15) is 0 Å². The standard InChI is InChI=1S/C20H18F3N3O/c21-12-3-1-10(2-4-12)19-18(11-5-14(6-11)25-17(27)9-24)15-7-13(22)8-16(23)20(15)26-19/h1-4,7-8,11,14,26H,5-6,9,24H2,(H,25,27). The Morgan fingerprint density at radius 1 is 1.11 bits per heavy atom. The highest BCUT2D eigenvalue weighted by Gasteiger charge is 2.35. The van der Waals surface area contributed by atoms with E-state index in [-0.39, 0.29) is 35.7 Å². The van der Waals surface area contributed by atoms with Crippen LogP contribution in [0.15, 0.2) is 36.4 Å². The van der Waals surface area contributed by atoms with Crippen LogP contribution in [0, 0.1) is 17.5 Å². The molecule has 1 saturated carbocycles. The number of aromatic nitrogens is 1. The Labute approximate surface area is 153 Å². The number of carbonyl (C=O) groups is 1. The van der Waals surface area contributed by atoms with Crippen LogP contribution in [0.5, 0.6) is 0 Å². The molecular formula is C20H18F3N3O. The molecule has 1 fully saturated rings. The third kappa shape index (κ3) is 3.19. The van der Waals surface area contributed by atoms with Crippen LogP contribution in [0.25, 0.3) is 22.2 Å². The minimum Gasteiger partial charge on any atom is -0.352 e. The molecule has 4 N–H and O–H groups in total. The molecule has 140 valence electrons. The molecule has 1 aliphatic rings. The fraction of sp³-hybridized carbons (Fsp3) is 0.250. The summed E-state index contributed by atoms with van der Waals surface area (Å²) in [5, 5.41) is 3.30. The van der Waals surface area contributed by atoms with Crippen molar-refractivity contribution < 1.29 is 18.0 Å². The van der Waals surface area contributed by atoms with Crippen LogP contribution < -0.4 is 11.1 Å². The van der Waals surface area contributed by atoms with Gasteiger partial charge < -0.3 is 16.0 Å². The lowest BCUT2D eigenvalue weighted by Gasteiger charge is -2.36. The van der Waals surface area contributed by atoms with E-state index in [9.17, 15) is 18.0 Å². The second kappa shape index (κ2) is 6.74. The van der Waals surface area contributed by atoms with Crippen LogP contribution in [0.1, 0.15) is 24.3 Å². The number of carbonyl (C=O) groups excluding carboxylic acids is 1. The fourth-order valence-corrected chi connectivity index (χ4v) is 3.77. The number of hydrogen-bond donors (Lipinski definition) is 3. The number of benzene rings is 2. The van der Waals surface area contributed by atoms with Gasteiger partial charge in [0.05, 0.1) is 17.8 Å². The van der Waals surface area contributed by atoms with Gasteiger partial charge in [0.15, 0.2) is 0 Å². The number of aromatic amines is 1. The summed E-state index contributed by atoms with van der Waals surface area (Å²) < 4.78 is 41.4. The van der Waals surface area contributed by atoms with Crippen LogP contribution >= 0.6 is 0 Å². The summed E-state index contributed by atoms with van der Waals surface area (Å²) >= 11 is 0. The first-order chi connectivity index (χ1) is 13.0. The average molecular weight is 373 g/mol. The molecule has 0 radical (unpaired) electrons. The number of nitrogens with two attached hydrogens (primary N) is 1. The zero-order valence-electron chi connectivity index (χ0n) is 14.4. The second-order valence-electron chi connectivity index (χ2n) is 6.87. The minimum atomic E-state index is -0.674. The molecule has 0 saturated heterocycles. The molecule has 7 heteroatoms. The first-order valence-corrected chi connectivity index (χ1v) is 8.72. The largest absolute Gasteiger partial charge is 0.352 e. The van der Waals surface area contributed by atoms with Crippen molar-refractivity contribution in [1.82, 2.24) is 10.3 Å². The highest BCUT2D eigenvalue weighted by atomic mass is 19.1. The van der Waals surface area contributed by atoms with Crippen molar-refractivity contribution in [2.45, 2.75) is 24.8 Å². The summed E-state index contributed by atoms with van der Waals surface area (Å²) in [6, 6.07) is 7.98. The van der Waals surface area contributed by atoms with Crippen molar-refractivity contribution in [3.05, 3.63) is 59.4 Å². The smallest absolute Gasteiger partial charge is 0.233 e. The number of nitrogens with one attached hydrogen (secondary N) is 2. The summed E-state index contributed by atoms with van der Waals surface area (Å²) in [7, 11) is 0. The summed E-state index contributed by atoms with van der Waals surface area (Å²) in [5.74, 6) is -1.91. The quantitative estimate of drug-likeness (QED) is 0.654. The molecule has 0 aliphatic heterocycles. The Morgan fingerprint density at radius 3 is 2.48 bits per heavy atom. The SMILES string of the molecule is NCC(=O)NC1CC(c2c(-c3ccc(F)cc3)[nH]c3c(F)cc(F)cc23)C1. The summed E-state index contributed by atoms with van der Waals surface area (Å²) in [6.45, 7) is -0.0779. The first kappa shape index (κ1) is 17.6. The van der Waals surface area contributed by atoms with E-state index < -0.39 is 11.6 Å². The molecule has 1 aromatic heterocycles. The fourth-order valence-electron chi connectivity index (χ4n) is 3.77. The van der Waals surface area contributed by atoms with Gasteiger partial charge in [-0.1, -0.05) is 0 Å². The van der Waals surface area contributed by atoms with Crippen molar-refractivity contribution in [2.24, 2.45) is 5.73 Å². The maximum absolute atomic E-state index is 14.3. The van der Waals surface area contributed by atoms with E-state index in [0.29, 0.717) is 29.5 Å². The molecule has 1 aliphatic carbocycles. The third-order valence-corrected chi connectivity index (χ3v) is 5.09. The van der Waals surface area contributed by atoms with Gasteiger partial charge in [0.25, 0.3) is 0 Å². The maximum Gasteiger partial charge on any atom is 0.233 e. The lowest BCUT2D eigenvalue weighted by Crippen LogP contribution is -2.45. The monoisotopic (exact) mass is 373 g/mol. The molecule has 4 rings (SSSR count). The number of rotatable bonds is 4. The molecule has 4 nitrogen and oxygen atoms in total. The number of fused-ring (bicyclic) bond motifs is 1. The number of amides is 1. The van der Waals surface area contributed by atoms with Gasteiger partial charge in [0.1, 0.15) is 17.5 Å². The van der Waals surface area contributed by atoms with Crippen molar-refractivity contribution in [3.8, 4) is 11.3 Å². The summed E-state index contributed by atoms with van der Waals surface area (Å²) in [6.07, 6.45) is 1.29. The lowest BCUT2D eigenvalue weighted by atomic mass is 9.74. The van der Waals surface area contributed by atoms with Gasteiger partial charge in [0, 0.05) is 17.5 Å². The van der Waals surface area contributed by atoms with E-state index in [0.717, 1.165) is 11.6 Å². The van der Waals surface area contributed by atoms with Crippen molar-refractivity contribution >= 4 is 16.8 Å². The zero-order chi connectivity index (χ0) is 19.1. The van der Waals surface area contributed by atoms with Crippen LogP contribution in [-0.2, 0) is 4.79 Å². The maximum atomic E-state index is 14.3. The van der Waals surface area contributed by atoms with Gasteiger partial charge >= 0.3 is 0 Å². The third-order valence-electron chi connectivity index (χ3n) is 5.09. The van der Waals surface area contributed by atoms with Crippen LogP contribution in [-0.4, -0.2) is 23.5 Å².